The fraction of sp³-hybridized carbons (Fsp3) is 0.529. The predicted molar refractivity (Wildman–Crippen MR) is 95.8 cm³/mol. The summed E-state index contributed by atoms with van der Waals surface area (Å²) in [5, 5.41) is 2.13. The fourth-order valence-corrected chi connectivity index (χ4v) is 3.65. The van der Waals surface area contributed by atoms with E-state index in [1.165, 1.54) is 22.2 Å². The quantitative estimate of drug-likeness (QED) is 0.640. The zero-order valence-corrected chi connectivity index (χ0v) is 15.2. The monoisotopic (exact) mass is 353 g/mol. The highest BCUT2D eigenvalue weighted by Gasteiger charge is 2.10. The van der Waals surface area contributed by atoms with Crippen molar-refractivity contribution in [3.8, 4) is 0 Å². The summed E-state index contributed by atoms with van der Waals surface area (Å²) in [5.74, 6) is 1.87. The second-order valence-electron chi connectivity index (χ2n) is 6.03. The largest absolute Gasteiger partial charge is 0.347 e. The van der Waals surface area contributed by atoms with Gasteiger partial charge in [-0.15, -0.1) is 0 Å². The molecule has 3 heteroatoms. The van der Waals surface area contributed by atoms with Gasteiger partial charge in [-0.3, -0.25) is 0 Å². The van der Waals surface area contributed by atoms with Gasteiger partial charge in [0.25, 0.3) is 0 Å². The van der Waals surface area contributed by atoms with Crippen molar-refractivity contribution in [2.24, 2.45) is 5.92 Å². The first-order valence-electron chi connectivity index (χ1n) is 7.36. The minimum atomic E-state index is 0.669. The normalized spacial score (nSPS) is 11.9. The van der Waals surface area contributed by atoms with Crippen LogP contribution in [-0.4, -0.2) is 15.6 Å². The van der Waals surface area contributed by atoms with Crippen molar-refractivity contribution in [1.82, 2.24) is 4.57 Å². The molecule has 0 spiro atoms. The number of nitrogens with zero attached hydrogens (tertiary/aromatic N) is 1. The van der Waals surface area contributed by atoms with E-state index >= 15 is 0 Å². The molecule has 0 N–H and O–H groups in total. The molecule has 0 amide bonds. The molecular weight excluding hydrogens is 330 g/mol. The van der Waals surface area contributed by atoms with Crippen molar-refractivity contribution in [1.29, 1.82) is 0 Å². The lowest BCUT2D eigenvalue weighted by atomic mass is 10.1. The number of rotatable bonds is 6. The third kappa shape index (κ3) is 4.05. The third-order valence-electron chi connectivity index (χ3n) is 3.31. The summed E-state index contributed by atoms with van der Waals surface area (Å²) in [6.45, 7) is 10.2. The average molecular weight is 354 g/mol. The maximum absolute atomic E-state index is 3.60. The van der Waals surface area contributed by atoms with E-state index in [0.29, 0.717) is 11.2 Å². The Hall–Kier alpha value is -0.410. The lowest BCUT2D eigenvalue weighted by Gasteiger charge is -2.08. The van der Waals surface area contributed by atoms with Crippen LogP contribution in [-0.2, 0) is 13.0 Å². The van der Waals surface area contributed by atoms with Crippen LogP contribution in [0.25, 0.3) is 10.9 Å². The van der Waals surface area contributed by atoms with Crippen LogP contribution < -0.4 is 0 Å². The zero-order valence-electron chi connectivity index (χ0n) is 12.8. The SMILES string of the molecule is CC(C)Cn1cc(CCSC(C)C)c2ccc(Br)cc21. The zero-order chi connectivity index (χ0) is 14.7. The van der Waals surface area contributed by atoms with E-state index in [2.05, 4.69) is 72.6 Å². The van der Waals surface area contributed by atoms with Gasteiger partial charge in [0, 0.05) is 28.1 Å². The van der Waals surface area contributed by atoms with Gasteiger partial charge in [0.05, 0.1) is 0 Å². The maximum atomic E-state index is 3.60. The Balaban J connectivity index is 2.29. The van der Waals surface area contributed by atoms with Crippen molar-refractivity contribution in [3.63, 3.8) is 0 Å². The minimum Gasteiger partial charge on any atom is -0.347 e. The van der Waals surface area contributed by atoms with E-state index in [4.69, 9.17) is 0 Å². The Morgan fingerprint density at radius 1 is 1.20 bits per heavy atom. The van der Waals surface area contributed by atoms with Gasteiger partial charge >= 0.3 is 0 Å². The van der Waals surface area contributed by atoms with Gasteiger partial charge < -0.3 is 4.57 Å². The standard InChI is InChI=1S/C17H24BrNS/c1-12(2)10-19-11-14(7-8-20-13(3)4)16-6-5-15(18)9-17(16)19/h5-6,9,11-13H,7-8,10H2,1-4H3. The molecular formula is C17H24BrNS. The molecule has 1 aromatic heterocycles. The Labute approximate surface area is 135 Å². The van der Waals surface area contributed by atoms with E-state index in [1.54, 1.807) is 0 Å². The van der Waals surface area contributed by atoms with Crippen molar-refractivity contribution < 1.29 is 0 Å². The van der Waals surface area contributed by atoms with Crippen LogP contribution in [0.2, 0.25) is 0 Å². The fourth-order valence-electron chi connectivity index (χ4n) is 2.49. The van der Waals surface area contributed by atoms with Gasteiger partial charge in [-0.05, 0) is 41.0 Å². The number of benzene rings is 1. The summed E-state index contributed by atoms with van der Waals surface area (Å²) in [5.41, 5.74) is 2.85. The molecule has 0 saturated carbocycles. The molecule has 0 radical (unpaired) electrons. The number of aromatic nitrogens is 1. The van der Waals surface area contributed by atoms with Crippen LogP contribution in [0, 0.1) is 5.92 Å². The predicted octanol–water partition coefficient (Wildman–Crippen LogP) is 5.74. The van der Waals surface area contributed by atoms with Crippen molar-refractivity contribution >= 4 is 38.6 Å². The van der Waals surface area contributed by atoms with Gasteiger partial charge in [-0.25, -0.2) is 0 Å². The van der Waals surface area contributed by atoms with Crippen LogP contribution in [0.4, 0.5) is 0 Å². The topological polar surface area (TPSA) is 4.93 Å². The first kappa shape index (κ1) is 16.0. The molecule has 1 aromatic carbocycles. The van der Waals surface area contributed by atoms with E-state index < -0.39 is 0 Å². The first-order chi connectivity index (χ1) is 9.47. The first-order valence-corrected chi connectivity index (χ1v) is 9.20. The summed E-state index contributed by atoms with van der Waals surface area (Å²) >= 11 is 5.64. The molecule has 1 heterocycles. The number of aryl methyl sites for hydroxylation is 1. The van der Waals surface area contributed by atoms with Crippen LogP contribution in [0.5, 0.6) is 0 Å². The van der Waals surface area contributed by atoms with Gasteiger partial charge in [-0.1, -0.05) is 49.7 Å². The van der Waals surface area contributed by atoms with Gasteiger partial charge in [0.2, 0.25) is 0 Å². The van der Waals surface area contributed by atoms with E-state index in [0.717, 1.165) is 17.4 Å². The van der Waals surface area contributed by atoms with Crippen molar-refractivity contribution in [2.75, 3.05) is 5.75 Å². The molecule has 0 saturated heterocycles. The lowest BCUT2D eigenvalue weighted by Crippen LogP contribution is -2.02. The number of thioether (sulfide) groups is 1. The molecule has 0 aliphatic heterocycles. The van der Waals surface area contributed by atoms with Gasteiger partial charge in [0.15, 0.2) is 0 Å². The highest BCUT2D eigenvalue weighted by molar-refractivity contribution is 9.10. The second kappa shape index (κ2) is 7.04. The molecule has 1 nitrogen and oxygen atoms in total. The van der Waals surface area contributed by atoms with Gasteiger partial charge in [-0.2, -0.15) is 11.8 Å². The molecule has 0 fully saturated rings. The summed E-state index contributed by atoms with van der Waals surface area (Å²) < 4.78 is 3.58. The molecule has 0 unspecified atom stereocenters. The highest BCUT2D eigenvalue weighted by atomic mass is 79.9. The van der Waals surface area contributed by atoms with E-state index in [9.17, 15) is 0 Å². The second-order valence-corrected chi connectivity index (χ2v) is 8.63. The molecule has 0 aliphatic carbocycles. The average Bonchev–Trinajstić information content (AvgIpc) is 2.66. The number of fused-ring (bicyclic) bond motifs is 1. The number of hydrogen-bond donors (Lipinski definition) is 0. The summed E-state index contributed by atoms with van der Waals surface area (Å²) in [6, 6.07) is 6.66. The maximum Gasteiger partial charge on any atom is 0.0494 e. The Morgan fingerprint density at radius 3 is 2.60 bits per heavy atom. The van der Waals surface area contributed by atoms with Gasteiger partial charge in [0.1, 0.15) is 0 Å². The molecule has 2 aromatic rings. The molecule has 110 valence electrons. The third-order valence-corrected chi connectivity index (χ3v) is 4.91. The van der Waals surface area contributed by atoms with Crippen LogP contribution in [0.1, 0.15) is 33.3 Å². The van der Waals surface area contributed by atoms with E-state index in [-0.39, 0.29) is 0 Å². The molecule has 2 rings (SSSR count). The van der Waals surface area contributed by atoms with Crippen LogP contribution >= 0.6 is 27.7 Å². The number of halogens is 1. The highest BCUT2D eigenvalue weighted by Crippen LogP contribution is 2.27. The van der Waals surface area contributed by atoms with Crippen LogP contribution in [0.3, 0.4) is 0 Å². The lowest BCUT2D eigenvalue weighted by molar-refractivity contribution is 0.534. The molecule has 0 aliphatic rings. The molecule has 20 heavy (non-hydrogen) atoms. The molecule has 0 atom stereocenters. The van der Waals surface area contributed by atoms with Crippen molar-refractivity contribution in [3.05, 3.63) is 34.4 Å². The Kier molecular flexibility index (Phi) is 5.62. The Bertz CT molecular complexity index is 572. The summed E-state index contributed by atoms with van der Waals surface area (Å²) in [6.07, 6.45) is 3.52. The minimum absolute atomic E-state index is 0.669. The summed E-state index contributed by atoms with van der Waals surface area (Å²) in [4.78, 5) is 0. The van der Waals surface area contributed by atoms with Crippen molar-refractivity contribution in [2.45, 2.75) is 45.9 Å². The number of hydrogen-bond acceptors (Lipinski definition) is 1. The van der Waals surface area contributed by atoms with E-state index in [1.807, 2.05) is 11.8 Å². The molecule has 0 bridgehead atoms. The van der Waals surface area contributed by atoms with Crippen LogP contribution in [0.15, 0.2) is 28.9 Å². The Morgan fingerprint density at radius 2 is 1.95 bits per heavy atom. The smallest absolute Gasteiger partial charge is 0.0494 e. The summed E-state index contributed by atoms with van der Waals surface area (Å²) in [7, 11) is 0.